The van der Waals surface area contributed by atoms with Crippen molar-refractivity contribution in [3.8, 4) is 5.88 Å². The molecule has 2 N–H and O–H groups in total. The highest BCUT2D eigenvalue weighted by Crippen LogP contribution is 2.50. The number of aromatic nitrogens is 1. The summed E-state index contributed by atoms with van der Waals surface area (Å²) in [5.41, 5.74) is 5.97. The maximum absolute atomic E-state index is 6.13. The van der Waals surface area contributed by atoms with Crippen LogP contribution in [0.1, 0.15) is 17.7 Å². The smallest absolute Gasteiger partial charge is 0.231 e. The highest BCUT2D eigenvalue weighted by atomic mass is 32.1. The van der Waals surface area contributed by atoms with Crippen LogP contribution in [-0.2, 0) is 5.54 Å². The molecular weight excluding hydrogens is 198 g/mol. The number of rotatable bonds is 3. The maximum Gasteiger partial charge on any atom is 0.231 e. The van der Waals surface area contributed by atoms with Crippen molar-refractivity contribution in [1.29, 1.82) is 0 Å². The van der Waals surface area contributed by atoms with Crippen LogP contribution in [0, 0.1) is 0 Å². The fourth-order valence-electron chi connectivity index (χ4n) is 1.30. The first-order valence-electron chi connectivity index (χ1n) is 4.58. The lowest BCUT2D eigenvalue weighted by Crippen LogP contribution is -2.17. The molecule has 0 radical (unpaired) electrons. The van der Waals surface area contributed by atoms with Crippen molar-refractivity contribution in [2.24, 2.45) is 5.73 Å². The lowest BCUT2D eigenvalue weighted by atomic mass is 10.2. The summed E-state index contributed by atoms with van der Waals surface area (Å²) < 4.78 is 5.24. The van der Waals surface area contributed by atoms with Gasteiger partial charge in [-0.05, 0) is 12.8 Å². The van der Waals surface area contributed by atoms with E-state index in [1.807, 2.05) is 19.0 Å². The Bertz CT molecular complexity index is 344. The zero-order chi connectivity index (χ0) is 10.3. The number of nitrogens with two attached hydrogens (primary N) is 1. The van der Waals surface area contributed by atoms with Gasteiger partial charge in [-0.3, -0.25) is 0 Å². The minimum Gasteiger partial charge on any atom is -0.480 e. The Morgan fingerprint density at radius 1 is 1.50 bits per heavy atom. The third kappa shape index (κ3) is 1.46. The topological polar surface area (TPSA) is 51.4 Å². The van der Waals surface area contributed by atoms with E-state index in [0.717, 1.165) is 22.9 Å². The van der Waals surface area contributed by atoms with E-state index in [9.17, 15) is 0 Å². The van der Waals surface area contributed by atoms with Gasteiger partial charge < -0.3 is 15.4 Å². The van der Waals surface area contributed by atoms with Crippen molar-refractivity contribution in [1.82, 2.24) is 4.98 Å². The van der Waals surface area contributed by atoms with Gasteiger partial charge in [-0.15, -0.1) is 0 Å². The molecule has 1 aromatic rings. The van der Waals surface area contributed by atoms with Crippen LogP contribution in [0.3, 0.4) is 0 Å². The second-order valence-electron chi connectivity index (χ2n) is 3.89. The fourth-order valence-corrected chi connectivity index (χ4v) is 2.42. The first kappa shape index (κ1) is 9.73. The van der Waals surface area contributed by atoms with Crippen LogP contribution in [0.25, 0.3) is 0 Å². The summed E-state index contributed by atoms with van der Waals surface area (Å²) in [6, 6.07) is 0. The predicted octanol–water partition coefficient (Wildman–Crippen LogP) is 1.17. The van der Waals surface area contributed by atoms with E-state index in [0.29, 0.717) is 5.88 Å². The number of methoxy groups -OCH3 is 1. The molecule has 1 aromatic heterocycles. The molecule has 1 heterocycles. The molecule has 1 saturated carbocycles. The number of nitrogens with zero attached hydrogens (tertiary/aromatic N) is 2. The lowest BCUT2D eigenvalue weighted by Gasteiger charge is -2.06. The molecular formula is C9H15N3OS. The zero-order valence-electron chi connectivity index (χ0n) is 8.70. The quantitative estimate of drug-likeness (QED) is 0.818. The Morgan fingerprint density at radius 2 is 2.14 bits per heavy atom. The van der Waals surface area contributed by atoms with Gasteiger partial charge in [-0.1, -0.05) is 11.3 Å². The number of anilines is 1. The van der Waals surface area contributed by atoms with E-state index in [4.69, 9.17) is 10.5 Å². The molecule has 14 heavy (non-hydrogen) atoms. The van der Waals surface area contributed by atoms with Crippen LogP contribution in [-0.4, -0.2) is 26.2 Å². The second-order valence-corrected chi connectivity index (χ2v) is 4.86. The van der Waals surface area contributed by atoms with Gasteiger partial charge in [0, 0.05) is 14.1 Å². The summed E-state index contributed by atoms with van der Waals surface area (Å²) in [4.78, 5) is 7.44. The Hall–Kier alpha value is -0.810. The summed E-state index contributed by atoms with van der Waals surface area (Å²) in [6.45, 7) is 0. The Balaban J connectivity index is 2.38. The van der Waals surface area contributed by atoms with E-state index in [1.54, 1.807) is 18.4 Å². The van der Waals surface area contributed by atoms with Crippen LogP contribution in [0.5, 0.6) is 5.88 Å². The van der Waals surface area contributed by atoms with Gasteiger partial charge in [0.2, 0.25) is 5.88 Å². The largest absolute Gasteiger partial charge is 0.480 e. The van der Waals surface area contributed by atoms with Crippen molar-refractivity contribution in [3.05, 3.63) is 4.88 Å². The molecule has 78 valence electrons. The maximum atomic E-state index is 6.13. The zero-order valence-corrected chi connectivity index (χ0v) is 9.52. The average Bonchev–Trinajstić information content (AvgIpc) is 2.74. The first-order chi connectivity index (χ1) is 6.57. The molecule has 0 unspecified atom stereocenters. The van der Waals surface area contributed by atoms with Crippen molar-refractivity contribution < 1.29 is 4.74 Å². The molecule has 4 nitrogen and oxygen atoms in total. The molecule has 0 saturated heterocycles. The van der Waals surface area contributed by atoms with Crippen molar-refractivity contribution in [2.45, 2.75) is 18.4 Å². The monoisotopic (exact) mass is 213 g/mol. The van der Waals surface area contributed by atoms with Gasteiger partial charge in [0.05, 0.1) is 17.5 Å². The first-order valence-corrected chi connectivity index (χ1v) is 5.40. The fraction of sp³-hybridized carbons (Fsp3) is 0.667. The molecule has 5 heteroatoms. The third-order valence-corrected chi connectivity index (χ3v) is 3.83. The van der Waals surface area contributed by atoms with E-state index in [1.165, 1.54) is 0 Å². The standard InChI is InChI=1S/C9H15N3OS/c1-12(2)8-11-7(13-3)6(14-8)9(10)4-5-9/h4-5,10H2,1-3H3. The van der Waals surface area contributed by atoms with Gasteiger partial charge in [-0.25, -0.2) is 0 Å². The van der Waals surface area contributed by atoms with Crippen LogP contribution >= 0.6 is 11.3 Å². The van der Waals surface area contributed by atoms with Crippen molar-refractivity contribution in [2.75, 3.05) is 26.1 Å². The molecule has 0 aliphatic heterocycles. The molecule has 0 aromatic carbocycles. The summed E-state index contributed by atoms with van der Waals surface area (Å²) >= 11 is 1.63. The summed E-state index contributed by atoms with van der Waals surface area (Å²) in [5, 5.41) is 0.952. The van der Waals surface area contributed by atoms with E-state index >= 15 is 0 Å². The second kappa shape index (κ2) is 3.10. The predicted molar refractivity (Wildman–Crippen MR) is 58.1 cm³/mol. The van der Waals surface area contributed by atoms with E-state index in [2.05, 4.69) is 4.98 Å². The molecule has 1 aliphatic rings. The van der Waals surface area contributed by atoms with Crippen molar-refractivity contribution >= 4 is 16.5 Å². The highest BCUT2D eigenvalue weighted by molar-refractivity contribution is 7.16. The minimum absolute atomic E-state index is 0.155. The van der Waals surface area contributed by atoms with Crippen LogP contribution in [0.15, 0.2) is 0 Å². The Kier molecular flexibility index (Phi) is 2.16. The molecule has 0 atom stereocenters. The van der Waals surface area contributed by atoms with Crippen LogP contribution in [0.4, 0.5) is 5.13 Å². The van der Waals surface area contributed by atoms with Crippen molar-refractivity contribution in [3.63, 3.8) is 0 Å². The van der Waals surface area contributed by atoms with Gasteiger partial charge in [0.15, 0.2) is 5.13 Å². The lowest BCUT2D eigenvalue weighted by molar-refractivity contribution is 0.392. The molecule has 0 bridgehead atoms. The molecule has 2 rings (SSSR count). The molecule has 1 fully saturated rings. The Morgan fingerprint density at radius 3 is 2.57 bits per heavy atom. The van der Waals surface area contributed by atoms with E-state index in [-0.39, 0.29) is 5.54 Å². The number of ether oxygens (including phenoxy) is 1. The molecule has 0 amide bonds. The molecule has 0 spiro atoms. The van der Waals surface area contributed by atoms with Crippen LogP contribution in [0.2, 0.25) is 0 Å². The van der Waals surface area contributed by atoms with Gasteiger partial charge >= 0.3 is 0 Å². The molecule has 1 aliphatic carbocycles. The average molecular weight is 213 g/mol. The van der Waals surface area contributed by atoms with Gasteiger partial charge in [-0.2, -0.15) is 4.98 Å². The number of hydrogen-bond donors (Lipinski definition) is 1. The van der Waals surface area contributed by atoms with Gasteiger partial charge in [0.1, 0.15) is 0 Å². The highest BCUT2D eigenvalue weighted by Gasteiger charge is 2.44. The van der Waals surface area contributed by atoms with Gasteiger partial charge in [0.25, 0.3) is 0 Å². The SMILES string of the molecule is COc1nc(N(C)C)sc1C1(N)CC1. The minimum atomic E-state index is -0.155. The van der Waals surface area contributed by atoms with E-state index < -0.39 is 0 Å². The third-order valence-electron chi connectivity index (χ3n) is 2.40. The normalized spacial score (nSPS) is 18.0. The Labute approximate surface area is 87.7 Å². The summed E-state index contributed by atoms with van der Waals surface area (Å²) in [5.74, 6) is 0.693. The van der Waals surface area contributed by atoms with Crippen LogP contribution < -0.4 is 15.4 Å². The number of hydrogen-bond acceptors (Lipinski definition) is 5. The summed E-state index contributed by atoms with van der Waals surface area (Å²) in [6.07, 6.45) is 2.08. The number of thiazole rings is 1. The summed E-state index contributed by atoms with van der Waals surface area (Å²) in [7, 11) is 5.58.